The summed E-state index contributed by atoms with van der Waals surface area (Å²) in [4.78, 5) is 20.8. The maximum absolute atomic E-state index is 12.2. The number of carbonyl (C=O) groups excluding carboxylic acids is 1. The summed E-state index contributed by atoms with van der Waals surface area (Å²) in [7, 11) is 1.65. The van der Waals surface area contributed by atoms with E-state index in [0.717, 1.165) is 34.7 Å². The van der Waals surface area contributed by atoms with Gasteiger partial charge in [-0.2, -0.15) is 10.1 Å². The Morgan fingerprint density at radius 2 is 2.04 bits per heavy atom. The van der Waals surface area contributed by atoms with Gasteiger partial charge in [-0.05, 0) is 43.9 Å². The van der Waals surface area contributed by atoms with Crippen LogP contribution in [-0.4, -0.2) is 39.1 Å². The number of benzene rings is 1. The Kier molecular flexibility index (Phi) is 5.46. The third-order valence-electron chi connectivity index (χ3n) is 4.50. The van der Waals surface area contributed by atoms with Crippen LogP contribution in [0.2, 0.25) is 0 Å². The van der Waals surface area contributed by atoms with Crippen LogP contribution in [0.25, 0.3) is 5.78 Å². The normalized spacial score (nSPS) is 10.9. The van der Waals surface area contributed by atoms with Crippen LogP contribution in [0.3, 0.4) is 0 Å². The van der Waals surface area contributed by atoms with Crippen molar-refractivity contribution >= 4 is 11.7 Å². The smallest absolute Gasteiger partial charge is 0.252 e. The fourth-order valence-corrected chi connectivity index (χ4v) is 3.09. The molecular formula is C19H23N5O2. The number of nitrogens with one attached hydrogen (secondary N) is 1. The fourth-order valence-electron chi connectivity index (χ4n) is 3.09. The van der Waals surface area contributed by atoms with Crippen molar-refractivity contribution < 1.29 is 9.53 Å². The number of para-hydroxylation sites is 1. The van der Waals surface area contributed by atoms with E-state index >= 15 is 0 Å². The molecule has 0 aliphatic rings. The second-order valence-corrected chi connectivity index (χ2v) is 6.14. The lowest BCUT2D eigenvalue weighted by atomic mass is 10.1. The molecule has 3 rings (SSSR count). The zero-order valence-electron chi connectivity index (χ0n) is 15.3. The lowest BCUT2D eigenvalue weighted by Gasteiger charge is -2.11. The highest BCUT2D eigenvalue weighted by molar-refractivity contribution is 5.76. The number of carbonyl (C=O) groups is 1. The molecule has 2 aromatic heterocycles. The van der Waals surface area contributed by atoms with Gasteiger partial charge in [-0.15, -0.1) is 0 Å². The second kappa shape index (κ2) is 7.95. The molecule has 0 fully saturated rings. The molecule has 0 aliphatic heterocycles. The van der Waals surface area contributed by atoms with Crippen molar-refractivity contribution in [2.45, 2.75) is 33.1 Å². The van der Waals surface area contributed by atoms with Gasteiger partial charge in [0.05, 0.1) is 7.11 Å². The zero-order chi connectivity index (χ0) is 18.5. The van der Waals surface area contributed by atoms with E-state index in [4.69, 9.17) is 4.74 Å². The van der Waals surface area contributed by atoms with Crippen molar-refractivity contribution in [1.82, 2.24) is 24.9 Å². The third-order valence-corrected chi connectivity index (χ3v) is 4.50. The first kappa shape index (κ1) is 17.8. The van der Waals surface area contributed by atoms with E-state index < -0.39 is 0 Å². The van der Waals surface area contributed by atoms with Crippen molar-refractivity contribution in [3.63, 3.8) is 0 Å². The van der Waals surface area contributed by atoms with Gasteiger partial charge in [-0.25, -0.2) is 9.50 Å². The van der Waals surface area contributed by atoms with Gasteiger partial charge in [0.2, 0.25) is 5.91 Å². The summed E-state index contributed by atoms with van der Waals surface area (Å²) in [6.07, 6.45) is 3.26. The molecule has 2 heterocycles. The first-order valence-corrected chi connectivity index (χ1v) is 8.64. The van der Waals surface area contributed by atoms with E-state index in [1.807, 2.05) is 38.1 Å². The first-order valence-electron chi connectivity index (χ1n) is 8.64. The first-order chi connectivity index (χ1) is 12.6. The Hall–Kier alpha value is -2.96. The molecule has 0 unspecified atom stereocenters. The van der Waals surface area contributed by atoms with Gasteiger partial charge in [-0.1, -0.05) is 18.2 Å². The number of aryl methyl sites for hydroxylation is 2. The van der Waals surface area contributed by atoms with E-state index in [1.165, 1.54) is 6.33 Å². The van der Waals surface area contributed by atoms with Gasteiger partial charge < -0.3 is 10.1 Å². The molecule has 0 radical (unpaired) electrons. The number of rotatable bonds is 7. The molecule has 0 atom stereocenters. The predicted molar refractivity (Wildman–Crippen MR) is 98.3 cm³/mol. The summed E-state index contributed by atoms with van der Waals surface area (Å²) in [5.41, 5.74) is 4.00. The van der Waals surface area contributed by atoms with Gasteiger partial charge in [0, 0.05) is 24.4 Å². The summed E-state index contributed by atoms with van der Waals surface area (Å²) in [5, 5.41) is 7.15. The SMILES string of the molecule is COc1ccccc1CCNC(=O)CCc1c(C)nc2ncnn2c1C. The molecule has 0 aliphatic carbocycles. The molecular weight excluding hydrogens is 330 g/mol. The maximum atomic E-state index is 12.2. The minimum atomic E-state index is 0.0254. The van der Waals surface area contributed by atoms with Crippen molar-refractivity contribution in [2.75, 3.05) is 13.7 Å². The molecule has 0 spiro atoms. The highest BCUT2D eigenvalue weighted by Gasteiger charge is 2.12. The summed E-state index contributed by atoms with van der Waals surface area (Å²) >= 11 is 0. The van der Waals surface area contributed by atoms with E-state index in [9.17, 15) is 4.79 Å². The molecule has 1 amide bonds. The number of hydrogen-bond acceptors (Lipinski definition) is 5. The van der Waals surface area contributed by atoms with Crippen LogP contribution in [0.5, 0.6) is 5.75 Å². The Balaban J connectivity index is 1.55. The summed E-state index contributed by atoms with van der Waals surface area (Å²) < 4.78 is 7.04. The molecule has 1 N–H and O–H groups in total. The molecule has 3 aromatic rings. The maximum Gasteiger partial charge on any atom is 0.252 e. The summed E-state index contributed by atoms with van der Waals surface area (Å²) in [6, 6.07) is 7.84. The van der Waals surface area contributed by atoms with Crippen molar-refractivity contribution in [2.24, 2.45) is 0 Å². The van der Waals surface area contributed by atoms with Gasteiger partial charge in [0.15, 0.2) is 0 Å². The monoisotopic (exact) mass is 353 g/mol. The Bertz CT molecular complexity index is 919. The molecule has 7 nitrogen and oxygen atoms in total. The van der Waals surface area contributed by atoms with E-state index in [1.54, 1.807) is 11.6 Å². The van der Waals surface area contributed by atoms with Gasteiger partial charge >= 0.3 is 0 Å². The molecule has 0 saturated carbocycles. The quantitative estimate of drug-likeness (QED) is 0.703. The van der Waals surface area contributed by atoms with Crippen LogP contribution in [0.15, 0.2) is 30.6 Å². The van der Waals surface area contributed by atoms with Crippen LogP contribution in [-0.2, 0) is 17.6 Å². The molecule has 26 heavy (non-hydrogen) atoms. The molecule has 0 saturated heterocycles. The largest absolute Gasteiger partial charge is 0.496 e. The Morgan fingerprint density at radius 1 is 1.23 bits per heavy atom. The number of hydrogen-bond donors (Lipinski definition) is 1. The molecule has 1 aromatic carbocycles. The lowest BCUT2D eigenvalue weighted by molar-refractivity contribution is -0.121. The second-order valence-electron chi connectivity index (χ2n) is 6.14. The number of fused-ring (bicyclic) bond motifs is 1. The summed E-state index contributed by atoms with van der Waals surface area (Å²) in [5.74, 6) is 1.46. The number of ether oxygens (including phenoxy) is 1. The van der Waals surface area contributed by atoms with Gasteiger partial charge in [-0.3, -0.25) is 4.79 Å². The molecule has 7 heteroatoms. The number of nitrogens with zero attached hydrogens (tertiary/aromatic N) is 4. The topological polar surface area (TPSA) is 81.4 Å². The van der Waals surface area contributed by atoms with Crippen molar-refractivity contribution in [3.8, 4) is 5.75 Å². The number of methoxy groups -OCH3 is 1. The minimum absolute atomic E-state index is 0.0254. The predicted octanol–water partition coefficient (Wildman–Crippen LogP) is 2.04. The van der Waals surface area contributed by atoms with Gasteiger partial charge in [0.25, 0.3) is 5.78 Å². The fraction of sp³-hybridized carbons (Fsp3) is 0.368. The Morgan fingerprint density at radius 3 is 2.85 bits per heavy atom. The molecule has 0 bridgehead atoms. The average molecular weight is 353 g/mol. The van der Waals surface area contributed by atoms with Gasteiger partial charge in [0.1, 0.15) is 12.1 Å². The van der Waals surface area contributed by atoms with E-state index in [-0.39, 0.29) is 5.91 Å². The standard InChI is InChI=1S/C19H23N5O2/c1-13-16(14(2)24-19(23-13)21-12-22-24)8-9-18(25)20-11-10-15-6-4-5-7-17(15)26-3/h4-7,12H,8-11H2,1-3H3,(H,20,25). The average Bonchev–Trinajstić information content (AvgIpc) is 3.10. The van der Waals surface area contributed by atoms with Crippen molar-refractivity contribution in [3.05, 3.63) is 53.1 Å². The van der Waals surface area contributed by atoms with Crippen LogP contribution in [0.4, 0.5) is 0 Å². The minimum Gasteiger partial charge on any atom is -0.496 e. The Labute approximate surface area is 152 Å². The third kappa shape index (κ3) is 3.82. The van der Waals surface area contributed by atoms with E-state index in [0.29, 0.717) is 25.2 Å². The highest BCUT2D eigenvalue weighted by atomic mass is 16.5. The highest BCUT2D eigenvalue weighted by Crippen LogP contribution is 2.17. The number of amides is 1. The van der Waals surface area contributed by atoms with Crippen LogP contribution in [0.1, 0.15) is 28.9 Å². The lowest BCUT2D eigenvalue weighted by Crippen LogP contribution is -2.26. The van der Waals surface area contributed by atoms with Crippen LogP contribution >= 0.6 is 0 Å². The zero-order valence-corrected chi connectivity index (χ0v) is 15.3. The number of aromatic nitrogens is 4. The van der Waals surface area contributed by atoms with Crippen LogP contribution < -0.4 is 10.1 Å². The van der Waals surface area contributed by atoms with Crippen LogP contribution in [0, 0.1) is 13.8 Å². The van der Waals surface area contributed by atoms with Crippen molar-refractivity contribution in [1.29, 1.82) is 0 Å². The molecule has 136 valence electrons. The van der Waals surface area contributed by atoms with E-state index in [2.05, 4.69) is 20.4 Å². The summed E-state index contributed by atoms with van der Waals surface area (Å²) in [6.45, 7) is 4.50.